The third-order valence-corrected chi connectivity index (χ3v) is 5.11. The number of aryl methyl sites for hydroxylation is 1. The summed E-state index contributed by atoms with van der Waals surface area (Å²) in [6, 6.07) is 10.3. The van der Waals surface area contributed by atoms with E-state index in [-0.39, 0.29) is 0 Å². The molecule has 1 saturated heterocycles. The molecule has 1 fully saturated rings. The van der Waals surface area contributed by atoms with Gasteiger partial charge in [0.25, 0.3) is 0 Å². The average molecular weight is 378 g/mol. The number of aromatic nitrogens is 4. The number of anilines is 1. The maximum atomic E-state index is 5.78. The summed E-state index contributed by atoms with van der Waals surface area (Å²) < 4.78 is 5.78. The van der Waals surface area contributed by atoms with E-state index in [4.69, 9.17) is 4.42 Å². The van der Waals surface area contributed by atoms with Crippen molar-refractivity contribution >= 4 is 5.82 Å². The summed E-state index contributed by atoms with van der Waals surface area (Å²) in [6.07, 6.45) is 7.86. The van der Waals surface area contributed by atoms with Crippen LogP contribution in [0.1, 0.15) is 37.6 Å². The number of nitrogens with one attached hydrogen (secondary N) is 1. The molecule has 1 aromatic carbocycles. The molecule has 0 bridgehead atoms. The molecule has 0 saturated carbocycles. The van der Waals surface area contributed by atoms with Crippen molar-refractivity contribution < 1.29 is 4.42 Å². The Morgan fingerprint density at radius 1 is 1.14 bits per heavy atom. The molecule has 4 rings (SSSR count). The Bertz CT molecular complexity index is 873. The minimum Gasteiger partial charge on any atom is -0.419 e. The lowest BCUT2D eigenvalue weighted by Crippen LogP contribution is -2.43. The van der Waals surface area contributed by atoms with Gasteiger partial charge in [-0.05, 0) is 31.4 Å². The van der Waals surface area contributed by atoms with Crippen LogP contribution in [0.4, 0.5) is 5.82 Å². The molecule has 0 radical (unpaired) electrons. The topological polar surface area (TPSA) is 80.0 Å². The van der Waals surface area contributed by atoms with E-state index in [0.29, 0.717) is 24.4 Å². The number of piperidine rings is 1. The Balaban J connectivity index is 1.29. The monoisotopic (exact) mass is 378 g/mol. The molecule has 3 aromatic rings. The van der Waals surface area contributed by atoms with Gasteiger partial charge in [0.15, 0.2) is 0 Å². The standard InChI is InChI=1S/C21H26N6O/c1-2-6-17-13-22-15-24-20(17)27-11-9-18(10-12-27)23-14-19-25-26-21(28-19)16-7-4-3-5-8-16/h3-5,7-8,13,15,18,23H,2,6,9-12,14H2,1H3. The second-order valence-corrected chi connectivity index (χ2v) is 7.13. The number of nitrogens with zero attached hydrogens (tertiary/aromatic N) is 5. The highest BCUT2D eigenvalue weighted by Crippen LogP contribution is 2.22. The zero-order chi connectivity index (χ0) is 19.2. The lowest BCUT2D eigenvalue weighted by Gasteiger charge is -2.34. The van der Waals surface area contributed by atoms with Gasteiger partial charge in [-0.25, -0.2) is 9.97 Å². The van der Waals surface area contributed by atoms with Crippen LogP contribution in [0.25, 0.3) is 11.5 Å². The van der Waals surface area contributed by atoms with Crippen LogP contribution in [0.2, 0.25) is 0 Å². The van der Waals surface area contributed by atoms with Crippen molar-refractivity contribution in [2.24, 2.45) is 0 Å². The normalized spacial score (nSPS) is 15.1. The first-order valence-corrected chi connectivity index (χ1v) is 9.98. The first-order valence-electron chi connectivity index (χ1n) is 9.98. The molecule has 7 heteroatoms. The van der Waals surface area contributed by atoms with Crippen LogP contribution < -0.4 is 10.2 Å². The lowest BCUT2D eigenvalue weighted by molar-refractivity contribution is 0.384. The first-order chi connectivity index (χ1) is 13.8. The molecule has 1 N–H and O–H groups in total. The van der Waals surface area contributed by atoms with Crippen molar-refractivity contribution in [3.8, 4) is 11.5 Å². The Kier molecular flexibility index (Phi) is 5.92. The average Bonchev–Trinajstić information content (AvgIpc) is 3.23. The fourth-order valence-electron chi connectivity index (χ4n) is 3.63. The number of hydrogen-bond donors (Lipinski definition) is 1. The summed E-state index contributed by atoms with van der Waals surface area (Å²) in [5.74, 6) is 2.29. The maximum absolute atomic E-state index is 5.78. The van der Waals surface area contributed by atoms with Crippen molar-refractivity contribution in [2.75, 3.05) is 18.0 Å². The maximum Gasteiger partial charge on any atom is 0.247 e. The van der Waals surface area contributed by atoms with Crippen LogP contribution in [0.3, 0.4) is 0 Å². The minimum absolute atomic E-state index is 0.444. The van der Waals surface area contributed by atoms with Gasteiger partial charge in [0.05, 0.1) is 6.54 Å². The van der Waals surface area contributed by atoms with E-state index in [1.807, 2.05) is 36.5 Å². The molecule has 7 nitrogen and oxygen atoms in total. The molecular weight excluding hydrogens is 352 g/mol. The summed E-state index contributed by atoms with van der Waals surface area (Å²) in [7, 11) is 0. The fourth-order valence-corrected chi connectivity index (χ4v) is 3.63. The Morgan fingerprint density at radius 2 is 1.96 bits per heavy atom. The second-order valence-electron chi connectivity index (χ2n) is 7.13. The SMILES string of the molecule is CCCc1cncnc1N1CCC(NCc2nnc(-c3ccccc3)o2)CC1. The van der Waals surface area contributed by atoms with Gasteiger partial charge in [-0.2, -0.15) is 0 Å². The number of hydrogen-bond acceptors (Lipinski definition) is 7. The molecule has 0 amide bonds. The molecule has 1 aliphatic heterocycles. The summed E-state index contributed by atoms with van der Waals surface area (Å²) in [5, 5.41) is 11.9. The van der Waals surface area contributed by atoms with Gasteiger partial charge >= 0.3 is 0 Å². The largest absolute Gasteiger partial charge is 0.419 e. The molecule has 0 spiro atoms. The van der Waals surface area contributed by atoms with Crippen LogP contribution in [-0.2, 0) is 13.0 Å². The summed E-state index contributed by atoms with van der Waals surface area (Å²) in [5.41, 5.74) is 2.19. The molecule has 0 aliphatic carbocycles. The summed E-state index contributed by atoms with van der Waals surface area (Å²) in [6.45, 7) is 4.77. The quantitative estimate of drug-likeness (QED) is 0.676. The van der Waals surface area contributed by atoms with E-state index >= 15 is 0 Å². The van der Waals surface area contributed by atoms with Gasteiger partial charge in [-0.15, -0.1) is 10.2 Å². The Hall–Kier alpha value is -2.80. The fraction of sp³-hybridized carbons (Fsp3) is 0.429. The molecule has 0 atom stereocenters. The third kappa shape index (κ3) is 4.36. The Labute approximate surface area is 165 Å². The molecule has 1 aliphatic rings. The number of benzene rings is 1. The van der Waals surface area contributed by atoms with E-state index in [0.717, 1.165) is 50.2 Å². The highest BCUT2D eigenvalue weighted by molar-refractivity contribution is 5.51. The summed E-state index contributed by atoms with van der Waals surface area (Å²) >= 11 is 0. The molecule has 28 heavy (non-hydrogen) atoms. The van der Waals surface area contributed by atoms with Crippen molar-refractivity contribution in [3.05, 3.63) is 54.3 Å². The van der Waals surface area contributed by atoms with Crippen LogP contribution >= 0.6 is 0 Å². The van der Waals surface area contributed by atoms with E-state index in [9.17, 15) is 0 Å². The van der Waals surface area contributed by atoms with E-state index in [2.05, 4.69) is 37.3 Å². The zero-order valence-electron chi connectivity index (χ0n) is 16.2. The van der Waals surface area contributed by atoms with Crippen LogP contribution in [-0.4, -0.2) is 39.3 Å². The highest BCUT2D eigenvalue weighted by atomic mass is 16.4. The third-order valence-electron chi connectivity index (χ3n) is 5.11. The van der Waals surface area contributed by atoms with Gasteiger partial charge in [0, 0.05) is 36.5 Å². The smallest absolute Gasteiger partial charge is 0.247 e. The van der Waals surface area contributed by atoms with Gasteiger partial charge in [0.1, 0.15) is 12.1 Å². The van der Waals surface area contributed by atoms with Crippen LogP contribution in [0.5, 0.6) is 0 Å². The van der Waals surface area contributed by atoms with Crippen LogP contribution in [0.15, 0.2) is 47.3 Å². The van der Waals surface area contributed by atoms with Crippen molar-refractivity contribution in [2.45, 2.75) is 45.2 Å². The molecule has 146 valence electrons. The predicted molar refractivity (Wildman–Crippen MR) is 108 cm³/mol. The van der Waals surface area contributed by atoms with E-state index < -0.39 is 0 Å². The highest BCUT2D eigenvalue weighted by Gasteiger charge is 2.22. The zero-order valence-corrected chi connectivity index (χ0v) is 16.2. The predicted octanol–water partition coefficient (Wildman–Crippen LogP) is 3.24. The first kappa shape index (κ1) is 18.6. The van der Waals surface area contributed by atoms with Crippen molar-refractivity contribution in [3.63, 3.8) is 0 Å². The molecule has 2 aromatic heterocycles. The van der Waals surface area contributed by atoms with E-state index in [1.54, 1.807) is 6.33 Å². The van der Waals surface area contributed by atoms with E-state index in [1.165, 1.54) is 5.56 Å². The molecular formula is C21H26N6O. The van der Waals surface area contributed by atoms with Gasteiger partial charge in [-0.3, -0.25) is 0 Å². The van der Waals surface area contributed by atoms with Gasteiger partial charge in [-0.1, -0.05) is 31.5 Å². The van der Waals surface area contributed by atoms with Crippen molar-refractivity contribution in [1.29, 1.82) is 0 Å². The van der Waals surface area contributed by atoms with Gasteiger partial charge < -0.3 is 14.6 Å². The van der Waals surface area contributed by atoms with Crippen LogP contribution in [0, 0.1) is 0 Å². The van der Waals surface area contributed by atoms with Gasteiger partial charge in [0.2, 0.25) is 11.8 Å². The Morgan fingerprint density at radius 3 is 2.75 bits per heavy atom. The molecule has 3 heterocycles. The summed E-state index contributed by atoms with van der Waals surface area (Å²) in [4.78, 5) is 11.1. The number of rotatable bonds is 7. The van der Waals surface area contributed by atoms with Crippen molar-refractivity contribution in [1.82, 2.24) is 25.5 Å². The second kappa shape index (κ2) is 8.93. The lowest BCUT2D eigenvalue weighted by atomic mass is 10.0. The molecule has 0 unspecified atom stereocenters. The minimum atomic E-state index is 0.444.